The van der Waals surface area contributed by atoms with E-state index in [2.05, 4.69) is 43.7 Å². The van der Waals surface area contributed by atoms with Crippen molar-refractivity contribution in [3.8, 4) is 0 Å². The van der Waals surface area contributed by atoms with Crippen LogP contribution in [0.1, 0.15) is 29.4 Å². The van der Waals surface area contributed by atoms with Gasteiger partial charge in [-0.05, 0) is 63.9 Å². The summed E-state index contributed by atoms with van der Waals surface area (Å²) >= 11 is 8.34. The van der Waals surface area contributed by atoms with Gasteiger partial charge in [0.1, 0.15) is 0 Å². The van der Waals surface area contributed by atoms with Crippen molar-refractivity contribution < 1.29 is 4.79 Å². The number of carbonyl (C=O) groups excluding carboxylic acids is 1. The van der Waals surface area contributed by atoms with Gasteiger partial charge in [0.15, 0.2) is 0 Å². The highest BCUT2D eigenvalue weighted by molar-refractivity contribution is 9.13. The lowest BCUT2D eigenvalue weighted by molar-refractivity contribution is 0.0759. The number of rotatable bonds is 4. The van der Waals surface area contributed by atoms with Crippen LogP contribution in [0.5, 0.6) is 0 Å². The summed E-state index contributed by atoms with van der Waals surface area (Å²) in [5, 5.41) is 0. The molecule has 106 valence electrons. The van der Waals surface area contributed by atoms with E-state index >= 15 is 0 Å². The number of hydrogen-bond donors (Lipinski definition) is 0. The molecule has 0 N–H and O–H groups in total. The number of likely N-dealkylation sites (N-methyl/N-ethyl adjacent to an activating group) is 2. The zero-order valence-corrected chi connectivity index (χ0v) is 15.1. The monoisotopic (exact) mass is 408 g/mol. The number of halogens is 2. The summed E-state index contributed by atoms with van der Waals surface area (Å²) in [6.07, 6.45) is 2.44. The van der Waals surface area contributed by atoms with Crippen molar-refractivity contribution in [3.63, 3.8) is 0 Å². The number of carbonyl (C=O) groups is 1. The van der Waals surface area contributed by atoms with E-state index in [0.29, 0.717) is 6.04 Å². The van der Waals surface area contributed by atoms with Gasteiger partial charge < -0.3 is 4.90 Å². The molecule has 0 spiro atoms. The lowest BCUT2D eigenvalue weighted by Crippen LogP contribution is -2.40. The van der Waals surface area contributed by atoms with Crippen molar-refractivity contribution in [1.82, 2.24) is 9.80 Å². The Balaban J connectivity index is 1.99. The van der Waals surface area contributed by atoms with E-state index in [9.17, 15) is 4.79 Å². The Bertz CT molecular complexity index is 444. The van der Waals surface area contributed by atoms with Crippen LogP contribution >= 0.6 is 43.2 Å². The van der Waals surface area contributed by atoms with Gasteiger partial charge in [-0.1, -0.05) is 6.92 Å². The van der Waals surface area contributed by atoms with Crippen LogP contribution in [-0.4, -0.2) is 48.4 Å². The lowest BCUT2D eigenvalue weighted by Gasteiger charge is -2.27. The zero-order valence-electron chi connectivity index (χ0n) is 11.2. The van der Waals surface area contributed by atoms with Gasteiger partial charge in [0.25, 0.3) is 5.91 Å². The molecule has 2 heterocycles. The molecule has 0 aromatic carbocycles. The average Bonchev–Trinajstić information content (AvgIpc) is 2.96. The molecule has 1 aliphatic rings. The quantitative estimate of drug-likeness (QED) is 0.754. The fraction of sp³-hybridized carbons (Fsp3) is 0.615. The Hall–Kier alpha value is 0.0900. The van der Waals surface area contributed by atoms with E-state index in [1.54, 1.807) is 0 Å². The highest BCUT2D eigenvalue weighted by Crippen LogP contribution is 2.33. The molecule has 1 saturated heterocycles. The minimum absolute atomic E-state index is 0.111. The molecule has 6 heteroatoms. The van der Waals surface area contributed by atoms with Gasteiger partial charge in [-0.25, -0.2) is 0 Å². The summed E-state index contributed by atoms with van der Waals surface area (Å²) in [5.74, 6) is 0.111. The maximum Gasteiger partial charge on any atom is 0.263 e. The van der Waals surface area contributed by atoms with Crippen molar-refractivity contribution in [2.45, 2.75) is 25.8 Å². The lowest BCUT2D eigenvalue weighted by atomic mass is 10.2. The Kier molecular flexibility index (Phi) is 5.45. The minimum Gasteiger partial charge on any atom is -0.339 e. The van der Waals surface area contributed by atoms with Crippen molar-refractivity contribution in [3.05, 3.63) is 19.2 Å². The largest absolute Gasteiger partial charge is 0.339 e. The summed E-state index contributed by atoms with van der Waals surface area (Å²) in [4.78, 5) is 17.5. The minimum atomic E-state index is 0.111. The van der Waals surface area contributed by atoms with E-state index in [-0.39, 0.29) is 5.91 Å². The molecule has 0 bridgehead atoms. The molecule has 3 nitrogen and oxygen atoms in total. The average molecular weight is 410 g/mol. The first-order valence-electron chi connectivity index (χ1n) is 6.47. The molecule has 1 aromatic rings. The first-order valence-corrected chi connectivity index (χ1v) is 8.87. The second kappa shape index (κ2) is 6.70. The summed E-state index contributed by atoms with van der Waals surface area (Å²) in [7, 11) is 1.90. The van der Waals surface area contributed by atoms with E-state index in [4.69, 9.17) is 0 Å². The van der Waals surface area contributed by atoms with Crippen molar-refractivity contribution in [1.29, 1.82) is 0 Å². The highest BCUT2D eigenvalue weighted by atomic mass is 79.9. The molecular weight excluding hydrogens is 392 g/mol. The number of amides is 1. The van der Waals surface area contributed by atoms with Gasteiger partial charge in [-0.15, -0.1) is 11.3 Å². The summed E-state index contributed by atoms with van der Waals surface area (Å²) < 4.78 is 1.92. The fourth-order valence-electron chi connectivity index (χ4n) is 2.56. The smallest absolute Gasteiger partial charge is 0.263 e. The summed E-state index contributed by atoms with van der Waals surface area (Å²) in [6, 6.07) is 2.41. The van der Waals surface area contributed by atoms with Crippen LogP contribution in [0.25, 0.3) is 0 Å². The molecule has 0 aliphatic carbocycles. The van der Waals surface area contributed by atoms with Crippen molar-refractivity contribution in [2.75, 3.05) is 26.7 Å². The molecule has 19 heavy (non-hydrogen) atoms. The molecule has 1 fully saturated rings. The normalized spacial score (nSPS) is 19.9. The molecule has 2 rings (SSSR count). The standard InChI is InChI=1S/C13H18Br2N2OS/c1-3-17-6-4-5-9(17)8-16(2)13(18)11-7-10(14)12(15)19-11/h7,9H,3-6,8H2,1-2H3. The van der Waals surface area contributed by atoms with Gasteiger partial charge in [0.2, 0.25) is 0 Å². The maximum atomic E-state index is 12.4. The topological polar surface area (TPSA) is 23.6 Å². The predicted octanol–water partition coefficient (Wildman–Crippen LogP) is 3.83. The van der Waals surface area contributed by atoms with Crippen LogP contribution in [0.3, 0.4) is 0 Å². The SMILES string of the molecule is CCN1CCCC1CN(C)C(=O)c1cc(Br)c(Br)s1. The molecule has 1 atom stereocenters. The van der Waals surface area contributed by atoms with Gasteiger partial charge >= 0.3 is 0 Å². The molecule has 1 amide bonds. The maximum absolute atomic E-state index is 12.4. The van der Waals surface area contributed by atoms with Crippen molar-refractivity contribution in [2.24, 2.45) is 0 Å². The molecule has 1 unspecified atom stereocenters. The van der Waals surface area contributed by atoms with Crippen LogP contribution < -0.4 is 0 Å². The molecular formula is C13H18Br2N2OS. The number of likely N-dealkylation sites (tertiary alicyclic amines) is 1. The van der Waals surface area contributed by atoms with Gasteiger partial charge in [-0.2, -0.15) is 0 Å². The van der Waals surface area contributed by atoms with Crippen LogP contribution in [0, 0.1) is 0 Å². The van der Waals surface area contributed by atoms with Crippen LogP contribution in [0.4, 0.5) is 0 Å². The Labute approximate surface area is 135 Å². The zero-order chi connectivity index (χ0) is 14.0. The Morgan fingerprint density at radius 1 is 1.58 bits per heavy atom. The van der Waals surface area contributed by atoms with E-state index < -0.39 is 0 Å². The third kappa shape index (κ3) is 3.60. The second-order valence-corrected chi connectivity index (χ2v) is 8.07. The van der Waals surface area contributed by atoms with Gasteiger partial charge in [-0.3, -0.25) is 9.69 Å². The van der Waals surface area contributed by atoms with Crippen molar-refractivity contribution >= 4 is 49.1 Å². The molecule has 0 saturated carbocycles. The molecule has 1 aliphatic heterocycles. The third-order valence-electron chi connectivity index (χ3n) is 3.59. The number of hydrogen-bond acceptors (Lipinski definition) is 3. The van der Waals surface area contributed by atoms with Gasteiger partial charge in [0, 0.05) is 24.1 Å². The van der Waals surface area contributed by atoms with E-state index in [1.807, 2.05) is 18.0 Å². The van der Waals surface area contributed by atoms with E-state index in [1.165, 1.54) is 30.7 Å². The highest BCUT2D eigenvalue weighted by Gasteiger charge is 2.26. The first kappa shape index (κ1) is 15.5. The van der Waals surface area contributed by atoms with E-state index in [0.717, 1.165) is 26.2 Å². The van der Waals surface area contributed by atoms with Crippen LogP contribution in [0.15, 0.2) is 14.3 Å². The second-order valence-electron chi connectivity index (χ2n) is 4.84. The first-order chi connectivity index (χ1) is 9.02. The predicted molar refractivity (Wildman–Crippen MR) is 86.9 cm³/mol. The Morgan fingerprint density at radius 3 is 2.89 bits per heavy atom. The van der Waals surface area contributed by atoms with Crippen LogP contribution in [-0.2, 0) is 0 Å². The summed E-state index contributed by atoms with van der Waals surface area (Å²) in [5.41, 5.74) is 0. The molecule has 0 radical (unpaired) electrons. The number of nitrogens with zero attached hydrogens (tertiary/aromatic N) is 2. The van der Waals surface area contributed by atoms with Gasteiger partial charge in [0.05, 0.1) is 8.66 Å². The summed E-state index contributed by atoms with van der Waals surface area (Å²) in [6.45, 7) is 5.25. The third-order valence-corrected chi connectivity index (χ3v) is 6.84. The van der Waals surface area contributed by atoms with Crippen LogP contribution in [0.2, 0.25) is 0 Å². The molecule has 1 aromatic heterocycles. The fourth-order valence-corrected chi connectivity index (χ4v) is 4.59. The Morgan fingerprint density at radius 2 is 2.32 bits per heavy atom. The number of thiophene rings is 1.